The maximum atomic E-state index is 9.81. The third kappa shape index (κ3) is 4.82. The second kappa shape index (κ2) is 10.2. The highest BCUT2D eigenvalue weighted by atomic mass is 35.5. The Bertz CT molecular complexity index is 1340. The molecule has 0 saturated carbocycles. The highest BCUT2D eigenvalue weighted by Crippen LogP contribution is 2.35. The van der Waals surface area contributed by atoms with Gasteiger partial charge in [-0.1, -0.05) is 60.8 Å². The number of rotatable bonds is 7. The molecule has 4 nitrogen and oxygen atoms in total. The van der Waals surface area contributed by atoms with E-state index in [1.54, 1.807) is 18.6 Å². The number of nitrogens with one attached hydrogen (secondary N) is 1. The molecule has 0 bridgehead atoms. The zero-order valence-corrected chi connectivity index (χ0v) is 19.1. The van der Waals surface area contributed by atoms with Crippen molar-refractivity contribution < 1.29 is 0 Å². The summed E-state index contributed by atoms with van der Waals surface area (Å²) >= 11 is 6.65. The van der Waals surface area contributed by atoms with Crippen LogP contribution in [-0.2, 0) is 6.42 Å². The minimum absolute atomic E-state index is 0.0418. The van der Waals surface area contributed by atoms with E-state index in [-0.39, 0.29) is 12.0 Å². The van der Waals surface area contributed by atoms with Crippen LogP contribution in [0.5, 0.6) is 0 Å². The van der Waals surface area contributed by atoms with E-state index in [1.807, 2.05) is 42.5 Å². The molecule has 0 amide bonds. The molecule has 0 aliphatic carbocycles. The number of aromatic nitrogens is 2. The first-order valence-corrected chi connectivity index (χ1v) is 11.2. The maximum absolute atomic E-state index is 9.81. The summed E-state index contributed by atoms with van der Waals surface area (Å²) in [6, 6.07) is 20.3. The molecule has 0 fully saturated rings. The molecule has 4 rings (SSSR count). The number of nitriles is 1. The van der Waals surface area contributed by atoms with Gasteiger partial charge in [0.2, 0.25) is 0 Å². The molecular formula is C28H23ClN4. The number of pyridine rings is 2. The minimum atomic E-state index is -0.136. The molecule has 4 aromatic rings. The number of halogens is 1. The minimum Gasteiger partial charge on any atom is -0.377 e. The highest BCUT2D eigenvalue weighted by Gasteiger charge is 2.18. The average Bonchev–Trinajstić information content (AvgIpc) is 2.86. The van der Waals surface area contributed by atoms with Crippen LogP contribution in [0, 0.1) is 23.7 Å². The van der Waals surface area contributed by atoms with Crippen molar-refractivity contribution in [2.24, 2.45) is 0 Å². The summed E-state index contributed by atoms with van der Waals surface area (Å²) in [4.78, 5) is 8.66. The van der Waals surface area contributed by atoms with Gasteiger partial charge in [0.15, 0.2) is 0 Å². The number of anilines is 1. The molecule has 0 spiro atoms. The van der Waals surface area contributed by atoms with Gasteiger partial charge >= 0.3 is 0 Å². The predicted molar refractivity (Wildman–Crippen MR) is 134 cm³/mol. The number of benzene rings is 2. The van der Waals surface area contributed by atoms with Gasteiger partial charge in [-0.15, -0.1) is 6.42 Å². The van der Waals surface area contributed by atoms with Crippen molar-refractivity contribution in [1.29, 1.82) is 5.26 Å². The Morgan fingerprint density at radius 3 is 2.55 bits per heavy atom. The van der Waals surface area contributed by atoms with Crippen LogP contribution in [0.2, 0.25) is 5.02 Å². The lowest BCUT2D eigenvalue weighted by atomic mass is 9.92. The van der Waals surface area contributed by atoms with Gasteiger partial charge in [0.05, 0.1) is 33.7 Å². The maximum Gasteiger partial charge on any atom is 0.103 e. The standard InChI is InChI=1S/C28H23ClN4/c1-3-20(22-11-8-12-31-17-22)13-19-14-24-27(23(16-30)18-32-28(24)25(29)15-19)33-26(4-2)21-9-6-5-7-10-21/h1,5-12,14-15,17-18,20,26H,4,13H2,2H3,(H,32,33)/t20-,26+/m0/s1. The molecule has 0 aliphatic rings. The number of hydrogen-bond donors (Lipinski definition) is 1. The monoisotopic (exact) mass is 450 g/mol. The average molecular weight is 451 g/mol. The molecule has 2 aromatic heterocycles. The van der Waals surface area contributed by atoms with Crippen molar-refractivity contribution in [3.63, 3.8) is 0 Å². The summed E-state index contributed by atoms with van der Waals surface area (Å²) in [5, 5.41) is 14.7. The van der Waals surface area contributed by atoms with Gasteiger partial charge < -0.3 is 5.32 Å². The molecule has 2 heterocycles. The van der Waals surface area contributed by atoms with E-state index in [2.05, 4.69) is 46.3 Å². The molecule has 0 radical (unpaired) electrons. The summed E-state index contributed by atoms with van der Waals surface area (Å²) in [7, 11) is 0. The van der Waals surface area contributed by atoms with Crippen LogP contribution in [-0.4, -0.2) is 9.97 Å². The zero-order valence-electron chi connectivity index (χ0n) is 18.3. The number of fused-ring (bicyclic) bond motifs is 1. The van der Waals surface area contributed by atoms with Crippen LogP contribution in [0.3, 0.4) is 0 Å². The van der Waals surface area contributed by atoms with Gasteiger partial charge in [0, 0.05) is 24.0 Å². The van der Waals surface area contributed by atoms with Crippen molar-refractivity contribution in [3.05, 3.63) is 100 Å². The van der Waals surface area contributed by atoms with Crippen LogP contribution in [0.15, 0.2) is 73.2 Å². The fourth-order valence-electron chi connectivity index (χ4n) is 4.05. The van der Waals surface area contributed by atoms with Gasteiger partial charge in [-0.05, 0) is 47.7 Å². The lowest BCUT2D eigenvalue weighted by molar-refractivity contribution is 0.750. The first-order valence-electron chi connectivity index (χ1n) is 10.8. The van der Waals surface area contributed by atoms with E-state index in [9.17, 15) is 5.26 Å². The van der Waals surface area contributed by atoms with Crippen LogP contribution >= 0.6 is 11.6 Å². The van der Waals surface area contributed by atoms with E-state index < -0.39 is 0 Å². The predicted octanol–water partition coefficient (Wildman–Crippen LogP) is 6.68. The molecule has 0 unspecified atom stereocenters. The molecule has 1 N–H and O–H groups in total. The highest BCUT2D eigenvalue weighted by molar-refractivity contribution is 6.35. The van der Waals surface area contributed by atoms with Crippen molar-refractivity contribution in [3.8, 4) is 18.4 Å². The number of hydrogen-bond acceptors (Lipinski definition) is 4. The van der Waals surface area contributed by atoms with Crippen molar-refractivity contribution in [1.82, 2.24) is 9.97 Å². The quantitative estimate of drug-likeness (QED) is 0.319. The first kappa shape index (κ1) is 22.3. The van der Waals surface area contributed by atoms with E-state index in [4.69, 9.17) is 18.0 Å². The molecule has 33 heavy (non-hydrogen) atoms. The second-order valence-electron chi connectivity index (χ2n) is 7.86. The molecule has 2 aromatic carbocycles. The van der Waals surface area contributed by atoms with Crippen LogP contribution in [0.1, 0.15) is 47.6 Å². The summed E-state index contributed by atoms with van der Waals surface area (Å²) in [6.45, 7) is 2.11. The third-order valence-corrected chi connectivity index (χ3v) is 6.05. The smallest absolute Gasteiger partial charge is 0.103 e. The Kier molecular flexibility index (Phi) is 6.89. The Balaban J connectivity index is 1.79. The molecule has 5 heteroatoms. The second-order valence-corrected chi connectivity index (χ2v) is 8.27. The number of terminal acetylenes is 1. The molecule has 0 saturated heterocycles. The van der Waals surface area contributed by atoms with Gasteiger partial charge in [-0.25, -0.2) is 0 Å². The van der Waals surface area contributed by atoms with Gasteiger partial charge in [0.1, 0.15) is 6.07 Å². The summed E-state index contributed by atoms with van der Waals surface area (Å²) < 4.78 is 0. The lowest BCUT2D eigenvalue weighted by Crippen LogP contribution is -2.11. The Labute approximate surface area is 199 Å². The Hall–Kier alpha value is -3.86. The van der Waals surface area contributed by atoms with Gasteiger partial charge in [-0.2, -0.15) is 5.26 Å². The first-order chi connectivity index (χ1) is 16.1. The van der Waals surface area contributed by atoms with Gasteiger partial charge in [-0.3, -0.25) is 9.97 Å². The molecule has 162 valence electrons. The summed E-state index contributed by atoms with van der Waals surface area (Å²) in [5.74, 6) is 2.73. The largest absolute Gasteiger partial charge is 0.377 e. The van der Waals surface area contributed by atoms with Crippen molar-refractivity contribution >= 4 is 28.2 Å². The van der Waals surface area contributed by atoms with Crippen LogP contribution in [0.25, 0.3) is 10.9 Å². The Morgan fingerprint density at radius 2 is 1.88 bits per heavy atom. The fraction of sp³-hybridized carbons (Fsp3) is 0.179. The zero-order chi connectivity index (χ0) is 23.2. The van der Waals surface area contributed by atoms with Gasteiger partial charge in [0.25, 0.3) is 0 Å². The summed E-state index contributed by atoms with van der Waals surface area (Å²) in [5.41, 5.74) is 4.98. The van der Waals surface area contributed by atoms with E-state index in [0.29, 0.717) is 22.5 Å². The molecule has 2 atom stereocenters. The topological polar surface area (TPSA) is 61.6 Å². The van der Waals surface area contributed by atoms with Crippen molar-refractivity contribution in [2.45, 2.75) is 31.7 Å². The van der Waals surface area contributed by atoms with Crippen LogP contribution < -0.4 is 5.32 Å². The van der Waals surface area contributed by atoms with Crippen molar-refractivity contribution in [2.75, 3.05) is 5.32 Å². The lowest BCUT2D eigenvalue weighted by Gasteiger charge is -2.21. The summed E-state index contributed by atoms with van der Waals surface area (Å²) in [6.07, 6.45) is 12.4. The normalized spacial score (nSPS) is 12.5. The third-order valence-electron chi connectivity index (χ3n) is 5.76. The fourth-order valence-corrected chi connectivity index (χ4v) is 4.34. The molecular weight excluding hydrogens is 428 g/mol. The van der Waals surface area contributed by atoms with Crippen LogP contribution in [0.4, 0.5) is 5.69 Å². The molecule has 0 aliphatic heterocycles. The van der Waals surface area contributed by atoms with E-state index in [0.717, 1.165) is 34.2 Å². The Morgan fingerprint density at radius 1 is 1.09 bits per heavy atom. The number of nitrogens with zero attached hydrogens (tertiary/aromatic N) is 3. The van der Waals surface area contributed by atoms with E-state index in [1.165, 1.54) is 0 Å². The van der Waals surface area contributed by atoms with E-state index >= 15 is 0 Å². The SMILES string of the molecule is C#C[C@@H](Cc1cc(Cl)c2ncc(C#N)c(N[C@H](CC)c3ccccc3)c2c1)c1cccnc1.